The Morgan fingerprint density at radius 1 is 1.21 bits per heavy atom. The monoisotopic (exact) mass is 265 g/mol. The smallest absolute Gasteiger partial charge is 0.245 e. The average molecular weight is 265 g/mol. The van der Waals surface area contributed by atoms with E-state index in [4.69, 9.17) is 11.5 Å². The van der Waals surface area contributed by atoms with Gasteiger partial charge in [-0.15, -0.1) is 5.10 Å². The van der Waals surface area contributed by atoms with Crippen molar-refractivity contribution in [2.75, 3.05) is 0 Å². The molecule has 0 saturated heterocycles. The van der Waals surface area contributed by atoms with Crippen LogP contribution in [-0.2, 0) is 16.9 Å². The van der Waals surface area contributed by atoms with Gasteiger partial charge in [0.2, 0.25) is 5.91 Å². The number of nitrogens with zero attached hydrogens (tertiary/aromatic N) is 3. The van der Waals surface area contributed by atoms with Crippen LogP contribution in [0, 0.1) is 0 Å². The number of hydrogen-bond donors (Lipinski definition) is 2. The summed E-state index contributed by atoms with van der Waals surface area (Å²) in [4.78, 5) is 11.1. The lowest BCUT2D eigenvalue weighted by molar-refractivity contribution is -0.122. The van der Waals surface area contributed by atoms with Crippen LogP contribution in [0.5, 0.6) is 0 Å². The predicted octanol–water partition coefficient (Wildman–Crippen LogP) is 1.05. The molecule has 6 heteroatoms. The summed E-state index contributed by atoms with van der Waals surface area (Å²) < 4.78 is 1.53. The van der Waals surface area contributed by atoms with Crippen molar-refractivity contribution in [2.45, 2.75) is 63.5 Å². The van der Waals surface area contributed by atoms with Crippen LogP contribution in [0.4, 0.5) is 0 Å². The van der Waals surface area contributed by atoms with Gasteiger partial charge in [0.15, 0.2) is 0 Å². The van der Waals surface area contributed by atoms with Crippen molar-refractivity contribution in [1.82, 2.24) is 15.0 Å². The number of nitrogens with two attached hydrogens (primary N) is 2. The molecule has 2 saturated carbocycles. The van der Waals surface area contributed by atoms with Crippen LogP contribution < -0.4 is 11.5 Å². The maximum absolute atomic E-state index is 11.1. The van der Waals surface area contributed by atoms with E-state index in [1.807, 2.05) is 0 Å². The second kappa shape index (κ2) is 6.14. The van der Waals surface area contributed by atoms with E-state index in [-0.39, 0.29) is 5.91 Å². The Kier molecular flexibility index (Phi) is 4.52. The number of carbonyl (C=O) groups is 1. The zero-order valence-electron chi connectivity index (χ0n) is 11.3. The fourth-order valence-electron chi connectivity index (χ4n) is 2.37. The lowest BCUT2D eigenvalue weighted by Gasteiger charge is -2.08. The van der Waals surface area contributed by atoms with E-state index in [2.05, 4.69) is 10.3 Å². The van der Waals surface area contributed by atoms with E-state index < -0.39 is 5.54 Å². The van der Waals surface area contributed by atoms with Crippen molar-refractivity contribution in [2.24, 2.45) is 11.5 Å². The third-order valence-corrected chi connectivity index (χ3v) is 3.87. The van der Waals surface area contributed by atoms with Gasteiger partial charge in [-0.25, -0.2) is 4.68 Å². The zero-order valence-corrected chi connectivity index (χ0v) is 11.3. The van der Waals surface area contributed by atoms with Gasteiger partial charge in [0, 0.05) is 6.54 Å². The second-order valence-corrected chi connectivity index (χ2v) is 5.38. The van der Waals surface area contributed by atoms with E-state index in [1.165, 1.54) is 43.2 Å². The summed E-state index contributed by atoms with van der Waals surface area (Å²) in [5, 5.41) is 7.63. The van der Waals surface area contributed by atoms with Crippen molar-refractivity contribution < 1.29 is 4.79 Å². The maximum Gasteiger partial charge on any atom is 0.245 e. The molecule has 2 aliphatic rings. The Morgan fingerprint density at radius 3 is 2.05 bits per heavy atom. The molecular formula is C13H23N5O. The molecule has 3 rings (SSSR count). The molecule has 0 aromatic carbocycles. The fraction of sp³-hybridized carbons (Fsp3) is 0.769. The van der Waals surface area contributed by atoms with Crippen LogP contribution >= 0.6 is 0 Å². The molecule has 1 aromatic heterocycles. The van der Waals surface area contributed by atoms with Crippen molar-refractivity contribution in [1.29, 1.82) is 0 Å². The summed E-state index contributed by atoms with van der Waals surface area (Å²) >= 11 is 0. The first-order valence-corrected chi connectivity index (χ1v) is 7.11. The minimum Gasteiger partial charge on any atom is -0.368 e. The first kappa shape index (κ1) is 14.0. The maximum atomic E-state index is 11.1. The number of amides is 1. The molecule has 4 N–H and O–H groups in total. The third-order valence-electron chi connectivity index (χ3n) is 3.87. The highest BCUT2D eigenvalue weighted by Crippen LogP contribution is 2.42. The van der Waals surface area contributed by atoms with Crippen LogP contribution in [0.3, 0.4) is 0 Å². The quantitative estimate of drug-likeness (QED) is 0.853. The number of hydrogen-bond acceptors (Lipinski definition) is 4. The summed E-state index contributed by atoms with van der Waals surface area (Å²) in [7, 11) is 0. The molecule has 0 aliphatic heterocycles. The topological polar surface area (TPSA) is 99.8 Å². The first-order valence-electron chi connectivity index (χ1n) is 7.11. The molecule has 0 bridgehead atoms. The van der Waals surface area contributed by atoms with E-state index in [0.717, 1.165) is 12.8 Å². The number of rotatable bonds is 3. The number of carbonyl (C=O) groups excluding carboxylic acids is 1. The molecule has 0 radical (unpaired) electrons. The molecular weight excluding hydrogens is 242 g/mol. The van der Waals surface area contributed by atoms with Gasteiger partial charge in [-0.2, -0.15) is 0 Å². The van der Waals surface area contributed by atoms with Gasteiger partial charge in [-0.05, 0) is 12.8 Å². The van der Waals surface area contributed by atoms with Gasteiger partial charge in [-0.1, -0.05) is 43.7 Å². The van der Waals surface area contributed by atoms with E-state index in [1.54, 1.807) is 6.20 Å². The van der Waals surface area contributed by atoms with E-state index in [9.17, 15) is 4.79 Å². The summed E-state index contributed by atoms with van der Waals surface area (Å²) in [5.74, 6) is -0.346. The Balaban J connectivity index is 0.000000186. The Morgan fingerprint density at radius 2 is 1.74 bits per heavy atom. The van der Waals surface area contributed by atoms with Crippen LogP contribution in [0.2, 0.25) is 0 Å². The standard InChI is InChI=1S/C7H11N5O.C6H12/c8-3-5-4-12(11-10-5)7(1-2-7)6(9)13;1-2-4-6-5-3-1/h4H,1-3,8H2,(H2,9,13);1-6H2. The molecule has 6 nitrogen and oxygen atoms in total. The number of primary amides is 1. The van der Waals surface area contributed by atoms with E-state index in [0.29, 0.717) is 12.2 Å². The van der Waals surface area contributed by atoms with Gasteiger partial charge in [-0.3, -0.25) is 4.79 Å². The lowest BCUT2D eigenvalue weighted by atomic mass is 10.0. The third kappa shape index (κ3) is 3.32. The normalized spacial score (nSPS) is 20.3. The Bertz CT molecular complexity index is 409. The largest absolute Gasteiger partial charge is 0.368 e. The molecule has 1 heterocycles. The summed E-state index contributed by atoms with van der Waals surface area (Å²) in [6, 6.07) is 0. The highest BCUT2D eigenvalue weighted by Gasteiger charge is 2.51. The Labute approximate surface area is 113 Å². The molecule has 19 heavy (non-hydrogen) atoms. The SMILES string of the molecule is C1CCCCC1.NCc1cn(C2(C(N)=O)CC2)nn1. The van der Waals surface area contributed by atoms with Gasteiger partial charge < -0.3 is 11.5 Å². The highest BCUT2D eigenvalue weighted by molar-refractivity contribution is 5.85. The van der Waals surface area contributed by atoms with E-state index >= 15 is 0 Å². The van der Waals surface area contributed by atoms with Crippen LogP contribution in [0.1, 0.15) is 57.1 Å². The molecule has 2 fully saturated rings. The molecule has 0 spiro atoms. The van der Waals surface area contributed by atoms with Gasteiger partial charge in [0.1, 0.15) is 5.54 Å². The molecule has 0 unspecified atom stereocenters. The molecule has 1 aromatic rings. The van der Waals surface area contributed by atoms with Crippen molar-refractivity contribution in [3.8, 4) is 0 Å². The van der Waals surface area contributed by atoms with Crippen molar-refractivity contribution >= 4 is 5.91 Å². The minimum absolute atomic E-state index is 0.328. The molecule has 1 amide bonds. The zero-order chi connectivity index (χ0) is 13.7. The molecule has 2 aliphatic carbocycles. The molecule has 106 valence electrons. The fourth-order valence-corrected chi connectivity index (χ4v) is 2.37. The van der Waals surface area contributed by atoms with Gasteiger partial charge in [0.05, 0.1) is 11.9 Å². The first-order chi connectivity index (χ1) is 9.19. The van der Waals surface area contributed by atoms with Crippen LogP contribution in [0.25, 0.3) is 0 Å². The summed E-state index contributed by atoms with van der Waals surface area (Å²) in [6.45, 7) is 0.328. The summed E-state index contributed by atoms with van der Waals surface area (Å²) in [6.07, 6.45) is 12.2. The second-order valence-electron chi connectivity index (χ2n) is 5.38. The lowest BCUT2D eigenvalue weighted by Crippen LogP contribution is -2.34. The van der Waals surface area contributed by atoms with Gasteiger partial charge in [0.25, 0.3) is 0 Å². The minimum atomic E-state index is -0.611. The van der Waals surface area contributed by atoms with Gasteiger partial charge >= 0.3 is 0 Å². The predicted molar refractivity (Wildman–Crippen MR) is 72.0 cm³/mol. The van der Waals surface area contributed by atoms with Crippen LogP contribution in [0.15, 0.2) is 6.20 Å². The van der Waals surface area contributed by atoms with Crippen molar-refractivity contribution in [3.05, 3.63) is 11.9 Å². The highest BCUT2D eigenvalue weighted by atomic mass is 16.2. The van der Waals surface area contributed by atoms with Crippen LogP contribution in [-0.4, -0.2) is 20.9 Å². The average Bonchev–Trinajstić information content (AvgIpc) is 3.14. The van der Waals surface area contributed by atoms with Crippen molar-refractivity contribution in [3.63, 3.8) is 0 Å². The number of aromatic nitrogens is 3. The molecule has 0 atom stereocenters. The summed E-state index contributed by atoms with van der Waals surface area (Å²) in [5.41, 5.74) is 10.7. The Hall–Kier alpha value is -1.43.